The summed E-state index contributed by atoms with van der Waals surface area (Å²) in [6.07, 6.45) is 1.33. The van der Waals surface area contributed by atoms with Gasteiger partial charge in [0.05, 0.1) is 5.69 Å². The van der Waals surface area contributed by atoms with Crippen LogP contribution in [-0.2, 0) is 6.54 Å². The summed E-state index contributed by atoms with van der Waals surface area (Å²) in [5, 5.41) is 3.40. The van der Waals surface area contributed by atoms with E-state index in [1.165, 1.54) is 31.6 Å². The Morgan fingerprint density at radius 2 is 2.35 bits per heavy atom. The van der Waals surface area contributed by atoms with Crippen LogP contribution in [0.15, 0.2) is 18.2 Å². The summed E-state index contributed by atoms with van der Waals surface area (Å²) < 4.78 is 5.85. The Labute approximate surface area is 121 Å². The van der Waals surface area contributed by atoms with E-state index in [4.69, 9.17) is 4.74 Å². The largest absolute Gasteiger partial charge is 0.489 e. The average Bonchev–Trinajstić information content (AvgIpc) is 2.84. The Bertz CT molecular complexity index is 463. The minimum atomic E-state index is 0.765. The van der Waals surface area contributed by atoms with Gasteiger partial charge in [-0.25, -0.2) is 0 Å². The summed E-state index contributed by atoms with van der Waals surface area (Å²) in [4.78, 5) is 4.85. The van der Waals surface area contributed by atoms with E-state index in [1.54, 1.807) is 0 Å². The molecular formula is C16H25N3O. The molecule has 1 N–H and O–H groups in total. The highest BCUT2D eigenvalue weighted by Crippen LogP contribution is 2.32. The topological polar surface area (TPSA) is 27.7 Å². The van der Waals surface area contributed by atoms with Crippen molar-refractivity contribution in [2.45, 2.75) is 13.0 Å². The van der Waals surface area contributed by atoms with Gasteiger partial charge in [0.25, 0.3) is 0 Å². The van der Waals surface area contributed by atoms with Gasteiger partial charge < -0.3 is 19.9 Å². The number of hydrogen-bond acceptors (Lipinski definition) is 4. The maximum absolute atomic E-state index is 5.85. The zero-order chi connectivity index (χ0) is 13.9. The quantitative estimate of drug-likeness (QED) is 0.908. The van der Waals surface area contributed by atoms with Crippen molar-refractivity contribution in [3.8, 4) is 5.75 Å². The van der Waals surface area contributed by atoms with Crippen molar-refractivity contribution >= 4 is 5.69 Å². The zero-order valence-corrected chi connectivity index (χ0v) is 12.6. The molecule has 4 heteroatoms. The normalized spacial score (nSPS) is 22.4. The van der Waals surface area contributed by atoms with Gasteiger partial charge in [-0.15, -0.1) is 0 Å². The van der Waals surface area contributed by atoms with Crippen LogP contribution < -0.4 is 10.1 Å². The summed E-state index contributed by atoms with van der Waals surface area (Å²) in [6, 6.07) is 6.40. The number of nitrogens with zero attached hydrogens (tertiary/aromatic N) is 2. The third kappa shape index (κ3) is 3.07. The number of para-hydroxylation sites is 1. The van der Waals surface area contributed by atoms with E-state index in [0.29, 0.717) is 0 Å². The fraction of sp³-hybridized carbons (Fsp3) is 0.625. The molecule has 110 valence electrons. The number of hydrogen-bond donors (Lipinski definition) is 1. The van der Waals surface area contributed by atoms with Crippen molar-refractivity contribution in [1.82, 2.24) is 9.80 Å². The lowest BCUT2D eigenvalue weighted by molar-refractivity contribution is 0.258. The molecule has 3 rings (SSSR count). The maximum Gasteiger partial charge on any atom is 0.146 e. The first-order valence-corrected chi connectivity index (χ1v) is 7.58. The predicted molar refractivity (Wildman–Crippen MR) is 82.4 cm³/mol. The first-order chi connectivity index (χ1) is 9.72. The Morgan fingerprint density at radius 1 is 1.45 bits per heavy atom. The molecule has 2 aliphatic heterocycles. The smallest absolute Gasteiger partial charge is 0.146 e. The molecule has 1 aromatic rings. The van der Waals surface area contributed by atoms with Crippen molar-refractivity contribution < 1.29 is 4.74 Å². The van der Waals surface area contributed by atoms with Crippen LogP contribution in [0.3, 0.4) is 0 Å². The van der Waals surface area contributed by atoms with Gasteiger partial charge in [-0.2, -0.15) is 0 Å². The molecule has 2 aliphatic rings. The maximum atomic E-state index is 5.85. The standard InChI is InChI=1S/C16H25N3O/c1-18-8-6-13(10-18)11-19(2)12-14-4-3-5-15-16(14)20-9-7-17-15/h3-5,13,17H,6-12H2,1-2H3. The van der Waals surface area contributed by atoms with E-state index in [1.807, 2.05) is 0 Å². The minimum Gasteiger partial charge on any atom is -0.489 e. The first kappa shape index (κ1) is 13.7. The van der Waals surface area contributed by atoms with E-state index >= 15 is 0 Å². The van der Waals surface area contributed by atoms with Gasteiger partial charge >= 0.3 is 0 Å². The Hall–Kier alpha value is -1.26. The second-order valence-electron chi connectivity index (χ2n) is 6.18. The summed E-state index contributed by atoms with van der Waals surface area (Å²) in [5.74, 6) is 1.86. The molecule has 20 heavy (non-hydrogen) atoms. The summed E-state index contributed by atoms with van der Waals surface area (Å²) in [6.45, 7) is 6.27. The van der Waals surface area contributed by atoms with Crippen molar-refractivity contribution in [1.29, 1.82) is 0 Å². The van der Waals surface area contributed by atoms with Gasteiger partial charge in [0, 0.05) is 31.7 Å². The number of likely N-dealkylation sites (tertiary alicyclic amines) is 1. The second-order valence-corrected chi connectivity index (χ2v) is 6.18. The van der Waals surface area contributed by atoms with Crippen LogP contribution in [0.4, 0.5) is 5.69 Å². The number of fused-ring (bicyclic) bond motifs is 1. The molecule has 1 aromatic carbocycles. The molecule has 1 saturated heterocycles. The van der Waals surface area contributed by atoms with Crippen LogP contribution in [0.1, 0.15) is 12.0 Å². The molecule has 0 bridgehead atoms. The third-order valence-electron chi connectivity index (χ3n) is 4.26. The fourth-order valence-electron chi connectivity index (χ4n) is 3.33. The van der Waals surface area contributed by atoms with Gasteiger partial charge in [-0.3, -0.25) is 0 Å². The number of nitrogens with one attached hydrogen (secondary N) is 1. The van der Waals surface area contributed by atoms with Crippen LogP contribution >= 0.6 is 0 Å². The fourth-order valence-corrected chi connectivity index (χ4v) is 3.33. The SMILES string of the molecule is CN1CCC(CN(C)Cc2cccc3c2OCCN3)C1. The molecular weight excluding hydrogens is 250 g/mol. The Kier molecular flexibility index (Phi) is 4.13. The summed E-state index contributed by atoms with van der Waals surface area (Å²) in [5.41, 5.74) is 2.44. The second kappa shape index (κ2) is 6.02. The molecule has 0 radical (unpaired) electrons. The number of benzene rings is 1. The Balaban J connectivity index is 1.62. The summed E-state index contributed by atoms with van der Waals surface area (Å²) in [7, 11) is 4.43. The molecule has 0 amide bonds. The highest BCUT2D eigenvalue weighted by molar-refractivity contribution is 5.61. The Morgan fingerprint density at radius 3 is 3.15 bits per heavy atom. The van der Waals surface area contributed by atoms with Crippen LogP contribution in [0, 0.1) is 5.92 Å². The van der Waals surface area contributed by atoms with E-state index in [-0.39, 0.29) is 0 Å². The van der Waals surface area contributed by atoms with Gasteiger partial charge in [-0.05, 0) is 39.0 Å². The highest BCUT2D eigenvalue weighted by Gasteiger charge is 2.21. The van der Waals surface area contributed by atoms with Gasteiger partial charge in [-0.1, -0.05) is 12.1 Å². The minimum absolute atomic E-state index is 0.765. The van der Waals surface area contributed by atoms with Crippen molar-refractivity contribution in [3.63, 3.8) is 0 Å². The van der Waals surface area contributed by atoms with E-state index in [0.717, 1.165) is 37.1 Å². The van der Waals surface area contributed by atoms with Gasteiger partial charge in [0.2, 0.25) is 0 Å². The van der Waals surface area contributed by atoms with Crippen molar-refractivity contribution in [3.05, 3.63) is 23.8 Å². The molecule has 0 spiro atoms. The lowest BCUT2D eigenvalue weighted by Gasteiger charge is -2.25. The first-order valence-electron chi connectivity index (χ1n) is 7.58. The van der Waals surface area contributed by atoms with E-state index < -0.39 is 0 Å². The molecule has 0 aromatic heterocycles. The number of ether oxygens (including phenoxy) is 1. The lowest BCUT2D eigenvalue weighted by atomic mass is 10.1. The lowest BCUT2D eigenvalue weighted by Crippen LogP contribution is -2.28. The third-order valence-corrected chi connectivity index (χ3v) is 4.26. The van der Waals surface area contributed by atoms with E-state index in [2.05, 4.69) is 47.4 Å². The average molecular weight is 275 g/mol. The molecule has 2 heterocycles. The van der Waals surface area contributed by atoms with Gasteiger partial charge in [0.1, 0.15) is 12.4 Å². The van der Waals surface area contributed by atoms with E-state index in [9.17, 15) is 0 Å². The summed E-state index contributed by atoms with van der Waals surface area (Å²) >= 11 is 0. The molecule has 1 fully saturated rings. The molecule has 4 nitrogen and oxygen atoms in total. The molecule has 0 aliphatic carbocycles. The monoisotopic (exact) mass is 275 g/mol. The highest BCUT2D eigenvalue weighted by atomic mass is 16.5. The van der Waals surface area contributed by atoms with Crippen LogP contribution in [0.5, 0.6) is 5.75 Å². The zero-order valence-electron chi connectivity index (χ0n) is 12.6. The molecule has 1 unspecified atom stereocenters. The number of anilines is 1. The molecule has 0 saturated carbocycles. The van der Waals surface area contributed by atoms with Crippen molar-refractivity contribution in [2.75, 3.05) is 52.2 Å². The number of rotatable bonds is 4. The molecule has 1 atom stereocenters. The predicted octanol–water partition coefficient (Wildman–Crippen LogP) is 1.87. The van der Waals surface area contributed by atoms with Crippen LogP contribution in [0.25, 0.3) is 0 Å². The van der Waals surface area contributed by atoms with Gasteiger partial charge in [0.15, 0.2) is 0 Å². The van der Waals surface area contributed by atoms with Crippen molar-refractivity contribution in [2.24, 2.45) is 5.92 Å². The van der Waals surface area contributed by atoms with Crippen LogP contribution in [-0.4, -0.2) is 56.7 Å². The van der Waals surface area contributed by atoms with Crippen LogP contribution in [0.2, 0.25) is 0 Å².